The average molecular weight is 338 g/mol. The molecule has 1 aliphatic heterocycles. The van der Waals surface area contributed by atoms with E-state index in [2.05, 4.69) is 6.92 Å². The molecule has 24 heavy (non-hydrogen) atoms. The van der Waals surface area contributed by atoms with E-state index in [0.29, 0.717) is 5.57 Å². The van der Waals surface area contributed by atoms with E-state index in [1.54, 1.807) is 0 Å². The minimum absolute atomic E-state index is 0.115. The average Bonchev–Trinajstić information content (AvgIpc) is 2.59. The van der Waals surface area contributed by atoms with Crippen LogP contribution in [0.3, 0.4) is 0 Å². The zero-order valence-electron chi connectivity index (χ0n) is 15.5. The van der Waals surface area contributed by atoms with Crippen molar-refractivity contribution in [1.29, 1.82) is 0 Å². The van der Waals surface area contributed by atoms with E-state index in [-0.39, 0.29) is 24.0 Å². The van der Waals surface area contributed by atoms with Gasteiger partial charge in [0, 0.05) is 18.3 Å². The van der Waals surface area contributed by atoms with E-state index < -0.39 is 0 Å². The van der Waals surface area contributed by atoms with Gasteiger partial charge in [-0.2, -0.15) is 0 Å². The Labute approximate surface area is 147 Å². The molecule has 1 heterocycles. The lowest BCUT2D eigenvalue weighted by Gasteiger charge is -2.32. The number of ketones is 1. The van der Waals surface area contributed by atoms with Gasteiger partial charge in [-0.25, -0.2) is 0 Å². The molecular formula is C20H35NO3. The molecule has 0 aliphatic carbocycles. The van der Waals surface area contributed by atoms with Gasteiger partial charge in [-0.15, -0.1) is 0 Å². The van der Waals surface area contributed by atoms with E-state index >= 15 is 0 Å². The SMILES string of the molecule is CCCCCCCCCCCCN1C=C(CO)/C(=C/O)C(=O)C1C. The number of carbonyl (C=O) groups excluding carboxylic acids is 1. The Bertz CT molecular complexity index is 429. The lowest BCUT2D eigenvalue weighted by molar-refractivity contribution is -0.119. The molecule has 1 rings (SSSR count). The van der Waals surface area contributed by atoms with Crippen molar-refractivity contribution in [3.8, 4) is 0 Å². The summed E-state index contributed by atoms with van der Waals surface area (Å²) in [7, 11) is 0. The van der Waals surface area contributed by atoms with Gasteiger partial charge in [0.15, 0.2) is 5.78 Å². The summed E-state index contributed by atoms with van der Waals surface area (Å²) in [6.45, 7) is 4.70. The van der Waals surface area contributed by atoms with Crippen LogP contribution in [0.2, 0.25) is 0 Å². The summed E-state index contributed by atoms with van der Waals surface area (Å²) in [5.41, 5.74) is 0.747. The van der Waals surface area contributed by atoms with Crippen LogP contribution < -0.4 is 0 Å². The summed E-state index contributed by atoms with van der Waals surface area (Å²) in [4.78, 5) is 14.2. The first-order chi connectivity index (χ1) is 11.7. The number of nitrogens with zero attached hydrogens (tertiary/aromatic N) is 1. The van der Waals surface area contributed by atoms with Crippen molar-refractivity contribution in [3.05, 3.63) is 23.6 Å². The first-order valence-electron chi connectivity index (χ1n) is 9.62. The summed E-state index contributed by atoms with van der Waals surface area (Å²) in [5.74, 6) is -0.115. The summed E-state index contributed by atoms with van der Waals surface area (Å²) in [6.07, 6.45) is 15.5. The Kier molecular flexibility index (Phi) is 10.5. The van der Waals surface area contributed by atoms with Crippen LogP contribution in [0.4, 0.5) is 0 Å². The van der Waals surface area contributed by atoms with Crippen LogP contribution in [0.25, 0.3) is 0 Å². The number of aliphatic hydroxyl groups excluding tert-OH is 2. The first kappa shape index (κ1) is 20.8. The molecule has 0 aromatic rings. The minimum Gasteiger partial charge on any atom is -0.515 e. The predicted molar refractivity (Wildman–Crippen MR) is 98.9 cm³/mol. The zero-order chi connectivity index (χ0) is 17.8. The second-order valence-corrected chi connectivity index (χ2v) is 6.82. The highest BCUT2D eigenvalue weighted by molar-refractivity contribution is 6.03. The summed E-state index contributed by atoms with van der Waals surface area (Å²) >= 11 is 0. The number of hydrogen-bond acceptors (Lipinski definition) is 4. The fourth-order valence-electron chi connectivity index (χ4n) is 3.23. The van der Waals surface area contributed by atoms with Gasteiger partial charge >= 0.3 is 0 Å². The van der Waals surface area contributed by atoms with Gasteiger partial charge < -0.3 is 15.1 Å². The van der Waals surface area contributed by atoms with Crippen molar-refractivity contribution < 1.29 is 15.0 Å². The van der Waals surface area contributed by atoms with Crippen molar-refractivity contribution in [2.75, 3.05) is 13.2 Å². The normalized spacial score (nSPS) is 19.9. The number of hydrogen-bond donors (Lipinski definition) is 2. The number of aliphatic hydroxyl groups is 2. The smallest absolute Gasteiger partial charge is 0.188 e. The summed E-state index contributed by atoms with van der Waals surface area (Å²) < 4.78 is 0. The van der Waals surface area contributed by atoms with Gasteiger partial charge in [0.2, 0.25) is 0 Å². The Morgan fingerprint density at radius 2 is 1.58 bits per heavy atom. The van der Waals surface area contributed by atoms with E-state index in [1.165, 1.54) is 57.8 Å². The number of carbonyl (C=O) groups is 1. The molecule has 1 aliphatic rings. The number of rotatable bonds is 12. The summed E-state index contributed by atoms with van der Waals surface area (Å²) in [5, 5.41) is 18.5. The van der Waals surface area contributed by atoms with E-state index in [1.807, 2.05) is 18.0 Å². The van der Waals surface area contributed by atoms with Gasteiger partial charge in [0.05, 0.1) is 24.5 Å². The van der Waals surface area contributed by atoms with Crippen LogP contribution in [0.5, 0.6) is 0 Å². The van der Waals surface area contributed by atoms with Gasteiger partial charge in [0.25, 0.3) is 0 Å². The Balaban J connectivity index is 2.21. The second-order valence-electron chi connectivity index (χ2n) is 6.82. The molecule has 2 N–H and O–H groups in total. The van der Waals surface area contributed by atoms with Gasteiger partial charge in [-0.05, 0) is 13.3 Å². The molecule has 0 fully saturated rings. The predicted octanol–water partition coefficient (Wildman–Crippen LogP) is 4.50. The van der Waals surface area contributed by atoms with Crippen molar-refractivity contribution >= 4 is 5.78 Å². The maximum absolute atomic E-state index is 12.2. The quantitative estimate of drug-likeness (QED) is 0.313. The molecule has 0 aromatic carbocycles. The molecule has 0 bridgehead atoms. The van der Waals surface area contributed by atoms with Gasteiger partial charge in [0.1, 0.15) is 0 Å². The highest BCUT2D eigenvalue weighted by Gasteiger charge is 2.29. The van der Waals surface area contributed by atoms with Crippen molar-refractivity contribution in [2.24, 2.45) is 0 Å². The monoisotopic (exact) mass is 337 g/mol. The lowest BCUT2D eigenvalue weighted by Crippen LogP contribution is -2.41. The molecule has 4 nitrogen and oxygen atoms in total. The third kappa shape index (κ3) is 6.68. The van der Waals surface area contributed by atoms with Crippen LogP contribution in [-0.4, -0.2) is 40.1 Å². The molecule has 0 saturated heterocycles. The Morgan fingerprint density at radius 1 is 1.04 bits per heavy atom. The topological polar surface area (TPSA) is 60.8 Å². The molecule has 0 spiro atoms. The zero-order valence-corrected chi connectivity index (χ0v) is 15.5. The van der Waals surface area contributed by atoms with E-state index in [4.69, 9.17) is 0 Å². The lowest BCUT2D eigenvalue weighted by atomic mass is 9.94. The molecule has 0 saturated carbocycles. The van der Waals surface area contributed by atoms with Crippen LogP contribution in [0, 0.1) is 0 Å². The van der Waals surface area contributed by atoms with Crippen LogP contribution in [-0.2, 0) is 4.79 Å². The maximum Gasteiger partial charge on any atom is 0.188 e. The van der Waals surface area contributed by atoms with Crippen LogP contribution >= 0.6 is 0 Å². The van der Waals surface area contributed by atoms with Gasteiger partial charge in [-0.3, -0.25) is 4.79 Å². The highest BCUT2D eigenvalue weighted by atomic mass is 16.3. The van der Waals surface area contributed by atoms with Crippen molar-refractivity contribution in [2.45, 2.75) is 84.1 Å². The molecule has 1 atom stereocenters. The standard InChI is InChI=1S/C20H35NO3/c1-3-4-5-6-7-8-9-10-11-12-13-21-14-18(15-22)19(16-23)20(24)17(21)2/h14,16-17,22-23H,3-13,15H2,1-2H3/b19-16-. The molecule has 138 valence electrons. The maximum atomic E-state index is 12.2. The van der Waals surface area contributed by atoms with E-state index in [0.717, 1.165) is 19.2 Å². The Morgan fingerprint density at radius 3 is 2.08 bits per heavy atom. The summed E-state index contributed by atoms with van der Waals surface area (Å²) in [6, 6.07) is -0.266. The third-order valence-electron chi connectivity index (χ3n) is 4.88. The number of unbranched alkanes of at least 4 members (excludes halogenated alkanes) is 9. The third-order valence-corrected chi connectivity index (χ3v) is 4.88. The minimum atomic E-state index is -0.266. The van der Waals surface area contributed by atoms with Crippen molar-refractivity contribution in [1.82, 2.24) is 4.90 Å². The van der Waals surface area contributed by atoms with Crippen LogP contribution in [0.15, 0.2) is 23.6 Å². The fourth-order valence-corrected chi connectivity index (χ4v) is 3.23. The van der Waals surface area contributed by atoms with Crippen LogP contribution in [0.1, 0.15) is 78.1 Å². The molecule has 0 aromatic heterocycles. The fraction of sp³-hybridized carbons (Fsp3) is 0.750. The van der Waals surface area contributed by atoms with Crippen molar-refractivity contribution in [3.63, 3.8) is 0 Å². The molecule has 4 heteroatoms. The molecule has 0 amide bonds. The molecule has 0 radical (unpaired) electrons. The highest BCUT2D eigenvalue weighted by Crippen LogP contribution is 2.23. The van der Waals surface area contributed by atoms with E-state index in [9.17, 15) is 15.0 Å². The number of Topliss-reactive ketones (excluding diaryl/α,β-unsaturated/α-hetero) is 1. The van der Waals surface area contributed by atoms with Gasteiger partial charge in [-0.1, -0.05) is 64.7 Å². The Hall–Kier alpha value is -1.29. The second kappa shape index (κ2) is 12.1. The largest absolute Gasteiger partial charge is 0.515 e. The molecule has 1 unspecified atom stereocenters. The first-order valence-corrected chi connectivity index (χ1v) is 9.62. The molecular weight excluding hydrogens is 302 g/mol.